The van der Waals surface area contributed by atoms with Gasteiger partial charge in [0.05, 0.1) is 0 Å². The molecule has 0 heterocycles. The Hall–Kier alpha value is -1.58. The van der Waals surface area contributed by atoms with Crippen molar-refractivity contribution in [2.75, 3.05) is 0 Å². The van der Waals surface area contributed by atoms with Crippen molar-refractivity contribution in [3.8, 4) is 0 Å². The molecule has 0 fully saturated rings. The molecule has 0 aliphatic rings. The number of carbonyl (C=O) groups is 1. The van der Waals surface area contributed by atoms with Crippen LogP contribution in [0.15, 0.2) is 43.0 Å². The Labute approximate surface area is 111 Å². The van der Waals surface area contributed by atoms with Gasteiger partial charge in [0.25, 0.3) is 0 Å². The van der Waals surface area contributed by atoms with Crippen molar-refractivity contribution < 1.29 is 18.0 Å². The molecule has 0 saturated heterocycles. The van der Waals surface area contributed by atoms with Gasteiger partial charge in [0, 0.05) is 5.92 Å². The first-order valence-corrected chi connectivity index (χ1v) is 6.13. The quantitative estimate of drug-likeness (QED) is 0.708. The van der Waals surface area contributed by atoms with E-state index in [1.165, 1.54) is 6.08 Å². The van der Waals surface area contributed by atoms with Crippen LogP contribution in [0.4, 0.5) is 13.2 Å². The Morgan fingerprint density at radius 3 is 2.37 bits per heavy atom. The maximum absolute atomic E-state index is 12.5. The number of hydrogen-bond acceptors (Lipinski definition) is 1. The van der Waals surface area contributed by atoms with Gasteiger partial charge in [-0.3, -0.25) is 4.79 Å². The van der Waals surface area contributed by atoms with Gasteiger partial charge < -0.3 is 0 Å². The first-order valence-electron chi connectivity index (χ1n) is 6.13. The minimum atomic E-state index is -4.78. The summed E-state index contributed by atoms with van der Waals surface area (Å²) >= 11 is 0. The maximum Gasteiger partial charge on any atom is 0.450 e. The molecule has 0 aliphatic carbocycles. The summed E-state index contributed by atoms with van der Waals surface area (Å²) in [7, 11) is 0. The van der Waals surface area contributed by atoms with Gasteiger partial charge in [-0.2, -0.15) is 13.2 Å². The molecular formula is C15H17F3O. The second kappa shape index (κ2) is 6.55. The van der Waals surface area contributed by atoms with Gasteiger partial charge in [-0.1, -0.05) is 43.3 Å². The van der Waals surface area contributed by atoms with Crippen LogP contribution in [0.1, 0.15) is 18.9 Å². The molecule has 4 heteroatoms. The van der Waals surface area contributed by atoms with E-state index in [2.05, 4.69) is 6.58 Å². The fourth-order valence-corrected chi connectivity index (χ4v) is 1.97. The topological polar surface area (TPSA) is 17.1 Å². The van der Waals surface area contributed by atoms with E-state index in [0.29, 0.717) is 6.42 Å². The van der Waals surface area contributed by atoms with Crippen LogP contribution in [0.3, 0.4) is 0 Å². The lowest BCUT2D eigenvalue weighted by Gasteiger charge is -2.21. The van der Waals surface area contributed by atoms with Gasteiger partial charge in [-0.15, -0.1) is 6.58 Å². The highest BCUT2D eigenvalue weighted by molar-refractivity contribution is 5.86. The normalized spacial score (nSPS) is 14.7. The molecule has 0 amide bonds. The summed E-state index contributed by atoms with van der Waals surface area (Å²) in [5.41, 5.74) is 0.929. The van der Waals surface area contributed by atoms with Crippen molar-refractivity contribution in [2.45, 2.75) is 25.9 Å². The van der Waals surface area contributed by atoms with E-state index in [9.17, 15) is 18.0 Å². The van der Waals surface area contributed by atoms with Crippen LogP contribution in [-0.2, 0) is 11.2 Å². The van der Waals surface area contributed by atoms with Crippen molar-refractivity contribution in [3.05, 3.63) is 48.6 Å². The third-order valence-electron chi connectivity index (χ3n) is 3.21. The first kappa shape index (κ1) is 15.5. The molecule has 104 valence electrons. The highest BCUT2D eigenvalue weighted by Crippen LogP contribution is 2.29. The summed E-state index contributed by atoms with van der Waals surface area (Å²) < 4.78 is 37.6. The minimum Gasteiger partial charge on any atom is -0.289 e. The van der Waals surface area contributed by atoms with Gasteiger partial charge in [-0.05, 0) is 24.3 Å². The smallest absolute Gasteiger partial charge is 0.289 e. The standard InChI is InChI=1S/C15H17F3O/c1-3-11(2)13(14(19)15(16,17)18)10-9-12-7-5-4-6-8-12/h3-8,11,13H,1,9-10H2,2H3. The van der Waals surface area contributed by atoms with Crippen LogP contribution >= 0.6 is 0 Å². The molecule has 0 saturated carbocycles. The first-order chi connectivity index (χ1) is 8.86. The molecule has 1 nitrogen and oxygen atoms in total. The van der Waals surface area contributed by atoms with Crippen LogP contribution in [0.2, 0.25) is 0 Å². The summed E-state index contributed by atoms with van der Waals surface area (Å²) in [4.78, 5) is 11.4. The minimum absolute atomic E-state index is 0.176. The van der Waals surface area contributed by atoms with E-state index >= 15 is 0 Å². The van der Waals surface area contributed by atoms with Crippen LogP contribution in [0, 0.1) is 11.8 Å². The lowest BCUT2D eigenvalue weighted by Crippen LogP contribution is -2.34. The van der Waals surface area contributed by atoms with Gasteiger partial charge >= 0.3 is 6.18 Å². The zero-order chi connectivity index (χ0) is 14.5. The molecule has 0 bridgehead atoms. The number of benzene rings is 1. The molecule has 0 aromatic heterocycles. The van der Waals surface area contributed by atoms with Gasteiger partial charge in [0.2, 0.25) is 5.78 Å². The molecule has 0 radical (unpaired) electrons. The van der Waals surface area contributed by atoms with E-state index < -0.39 is 23.8 Å². The lowest BCUT2D eigenvalue weighted by molar-refractivity contribution is -0.176. The lowest BCUT2D eigenvalue weighted by atomic mass is 9.85. The summed E-state index contributed by atoms with van der Waals surface area (Å²) in [5, 5.41) is 0. The molecule has 0 spiro atoms. The average Bonchev–Trinajstić information content (AvgIpc) is 2.38. The number of aryl methyl sites for hydroxylation is 1. The number of carbonyl (C=O) groups excluding carboxylic acids is 1. The summed E-state index contributed by atoms with van der Waals surface area (Å²) in [6, 6.07) is 9.18. The number of ketones is 1. The second-order valence-electron chi connectivity index (χ2n) is 4.59. The fraction of sp³-hybridized carbons (Fsp3) is 0.400. The van der Waals surface area contributed by atoms with E-state index in [4.69, 9.17) is 0 Å². The average molecular weight is 270 g/mol. The van der Waals surface area contributed by atoms with Gasteiger partial charge in [0.1, 0.15) is 0 Å². The van der Waals surface area contributed by atoms with Crippen molar-refractivity contribution in [2.24, 2.45) is 11.8 Å². The highest BCUT2D eigenvalue weighted by atomic mass is 19.4. The molecular weight excluding hydrogens is 253 g/mol. The number of halogens is 3. The number of alkyl halides is 3. The molecule has 2 atom stereocenters. The third kappa shape index (κ3) is 4.54. The Morgan fingerprint density at radius 2 is 1.89 bits per heavy atom. The fourth-order valence-electron chi connectivity index (χ4n) is 1.97. The van der Waals surface area contributed by atoms with Crippen molar-refractivity contribution >= 4 is 5.78 Å². The molecule has 1 rings (SSSR count). The highest BCUT2D eigenvalue weighted by Gasteiger charge is 2.44. The van der Waals surface area contributed by atoms with Crippen molar-refractivity contribution in [3.63, 3.8) is 0 Å². The van der Waals surface area contributed by atoms with Crippen LogP contribution in [0.5, 0.6) is 0 Å². The summed E-state index contributed by atoms with van der Waals surface area (Å²) in [5.74, 6) is -3.20. The molecule has 0 aliphatic heterocycles. The Morgan fingerprint density at radius 1 is 1.32 bits per heavy atom. The molecule has 1 aromatic carbocycles. The largest absolute Gasteiger partial charge is 0.450 e. The van der Waals surface area contributed by atoms with E-state index in [1.54, 1.807) is 6.92 Å². The Kier molecular flexibility index (Phi) is 5.33. The SMILES string of the molecule is C=CC(C)C(CCc1ccccc1)C(=O)C(F)(F)F. The number of hydrogen-bond donors (Lipinski definition) is 0. The second-order valence-corrected chi connectivity index (χ2v) is 4.59. The van der Waals surface area contributed by atoms with E-state index in [1.807, 2.05) is 30.3 Å². The molecule has 0 N–H and O–H groups in total. The van der Waals surface area contributed by atoms with Crippen LogP contribution < -0.4 is 0 Å². The predicted octanol–water partition coefficient (Wildman–Crippen LogP) is 4.19. The van der Waals surface area contributed by atoms with Crippen molar-refractivity contribution in [1.82, 2.24) is 0 Å². The molecule has 2 unspecified atom stereocenters. The number of allylic oxidation sites excluding steroid dienone is 1. The van der Waals surface area contributed by atoms with E-state index in [-0.39, 0.29) is 6.42 Å². The zero-order valence-electron chi connectivity index (χ0n) is 10.8. The van der Waals surface area contributed by atoms with Crippen LogP contribution in [-0.4, -0.2) is 12.0 Å². The van der Waals surface area contributed by atoms with Gasteiger partial charge in [0.15, 0.2) is 0 Å². The molecule has 19 heavy (non-hydrogen) atoms. The Bertz CT molecular complexity index is 423. The number of rotatable bonds is 6. The van der Waals surface area contributed by atoms with Crippen LogP contribution in [0.25, 0.3) is 0 Å². The molecule has 1 aromatic rings. The summed E-state index contributed by atoms with van der Waals surface area (Å²) in [6.45, 7) is 5.07. The van der Waals surface area contributed by atoms with E-state index in [0.717, 1.165) is 5.56 Å². The Balaban J connectivity index is 2.76. The number of Topliss-reactive ketones (excluding diaryl/α,β-unsaturated/α-hetero) is 1. The maximum atomic E-state index is 12.5. The van der Waals surface area contributed by atoms with Gasteiger partial charge in [-0.25, -0.2) is 0 Å². The zero-order valence-corrected chi connectivity index (χ0v) is 10.8. The third-order valence-corrected chi connectivity index (χ3v) is 3.21. The monoisotopic (exact) mass is 270 g/mol. The summed E-state index contributed by atoms with van der Waals surface area (Å²) in [6.07, 6.45) is -2.75. The van der Waals surface area contributed by atoms with Crippen molar-refractivity contribution in [1.29, 1.82) is 0 Å². The predicted molar refractivity (Wildman–Crippen MR) is 68.7 cm³/mol.